The van der Waals surface area contributed by atoms with E-state index >= 15 is 0 Å². The molecule has 0 atom stereocenters. The average Bonchev–Trinajstić information content (AvgIpc) is 3.41. The fourth-order valence-electron chi connectivity index (χ4n) is 4.20. The standard InChI is InChI=1S/C28H29N5O3S/c34-23-8-2-7-22(19-23)30-27(35)26-10-9-25(37-26)24-11-12-29-28(32-24)31-21-6-1-4-20(18-21)5-3-13-33-14-16-36-17-15-33/h1-2,4,6-12,18-19,34H,3,5,13-17H2,(H,30,35)(H,29,31,32). The van der Waals surface area contributed by atoms with Gasteiger partial charge in [-0.25, -0.2) is 9.97 Å². The number of thiophene rings is 1. The largest absolute Gasteiger partial charge is 0.508 e. The first kappa shape index (κ1) is 24.9. The number of phenols is 1. The molecule has 2 aromatic heterocycles. The molecule has 0 unspecified atom stereocenters. The maximum atomic E-state index is 12.6. The molecule has 1 aliphatic heterocycles. The summed E-state index contributed by atoms with van der Waals surface area (Å²) in [4.78, 5) is 25.6. The molecule has 1 fully saturated rings. The first-order valence-corrected chi connectivity index (χ1v) is 13.1. The van der Waals surface area contributed by atoms with Crippen molar-refractivity contribution in [3.8, 4) is 16.3 Å². The van der Waals surface area contributed by atoms with Gasteiger partial charge in [-0.15, -0.1) is 11.3 Å². The van der Waals surface area contributed by atoms with Gasteiger partial charge in [0.25, 0.3) is 5.91 Å². The molecule has 0 bridgehead atoms. The van der Waals surface area contributed by atoms with Crippen molar-refractivity contribution in [3.05, 3.63) is 83.4 Å². The van der Waals surface area contributed by atoms with E-state index in [0.717, 1.165) is 61.9 Å². The number of nitrogens with one attached hydrogen (secondary N) is 2. The number of amides is 1. The van der Waals surface area contributed by atoms with Gasteiger partial charge in [0, 0.05) is 36.7 Å². The SMILES string of the molecule is O=C(Nc1cccc(O)c1)c1ccc(-c2ccnc(Nc3cccc(CCCN4CCOCC4)c3)n2)s1. The number of hydrogen-bond acceptors (Lipinski definition) is 8. The second-order valence-electron chi connectivity index (χ2n) is 8.82. The molecule has 4 aromatic rings. The minimum atomic E-state index is -0.236. The van der Waals surface area contributed by atoms with Crippen LogP contribution in [0.1, 0.15) is 21.7 Å². The molecule has 2 aromatic carbocycles. The van der Waals surface area contributed by atoms with Crippen LogP contribution < -0.4 is 10.6 Å². The summed E-state index contributed by atoms with van der Waals surface area (Å²) in [6.45, 7) is 4.78. The van der Waals surface area contributed by atoms with Gasteiger partial charge >= 0.3 is 0 Å². The van der Waals surface area contributed by atoms with Crippen molar-refractivity contribution in [3.63, 3.8) is 0 Å². The molecule has 9 heteroatoms. The second-order valence-corrected chi connectivity index (χ2v) is 9.90. The third-order valence-electron chi connectivity index (χ3n) is 6.07. The van der Waals surface area contributed by atoms with E-state index in [9.17, 15) is 9.90 Å². The van der Waals surface area contributed by atoms with Crippen molar-refractivity contribution >= 4 is 34.6 Å². The maximum Gasteiger partial charge on any atom is 0.265 e. The number of ether oxygens (including phenoxy) is 1. The summed E-state index contributed by atoms with van der Waals surface area (Å²) in [6, 6.07) is 20.3. The van der Waals surface area contributed by atoms with Crippen LogP contribution in [0.4, 0.5) is 17.3 Å². The predicted octanol–water partition coefficient (Wildman–Crippen LogP) is 5.17. The summed E-state index contributed by atoms with van der Waals surface area (Å²) in [5.74, 6) is 0.367. The number of hydrogen-bond donors (Lipinski definition) is 3. The summed E-state index contributed by atoms with van der Waals surface area (Å²) in [7, 11) is 0. The van der Waals surface area contributed by atoms with E-state index in [1.165, 1.54) is 23.0 Å². The zero-order valence-corrected chi connectivity index (χ0v) is 21.2. The lowest BCUT2D eigenvalue weighted by Gasteiger charge is -2.26. The quantitative estimate of drug-likeness (QED) is 0.283. The number of aromatic nitrogens is 2. The summed E-state index contributed by atoms with van der Waals surface area (Å²) in [6.07, 6.45) is 3.83. The summed E-state index contributed by atoms with van der Waals surface area (Å²) < 4.78 is 5.42. The number of anilines is 3. The Morgan fingerprint density at radius 1 is 1.03 bits per heavy atom. The van der Waals surface area contributed by atoms with Crippen molar-refractivity contribution in [1.29, 1.82) is 0 Å². The topological polar surface area (TPSA) is 99.6 Å². The van der Waals surface area contributed by atoms with Crippen molar-refractivity contribution in [2.75, 3.05) is 43.5 Å². The molecule has 1 aliphatic rings. The van der Waals surface area contributed by atoms with Crippen LogP contribution >= 0.6 is 11.3 Å². The Kier molecular flexibility index (Phi) is 8.05. The molecule has 3 heterocycles. The third kappa shape index (κ3) is 6.91. The van der Waals surface area contributed by atoms with Gasteiger partial charge in [-0.2, -0.15) is 0 Å². The Balaban J connectivity index is 1.20. The smallest absolute Gasteiger partial charge is 0.265 e. The van der Waals surface area contributed by atoms with Crippen LogP contribution in [0.25, 0.3) is 10.6 Å². The molecule has 5 rings (SSSR count). The van der Waals surface area contributed by atoms with Crippen molar-refractivity contribution < 1.29 is 14.6 Å². The fourth-order valence-corrected chi connectivity index (χ4v) is 5.07. The number of morpholine rings is 1. The third-order valence-corrected chi connectivity index (χ3v) is 7.17. The van der Waals surface area contributed by atoms with Gasteiger partial charge in [0.1, 0.15) is 5.75 Å². The number of carbonyl (C=O) groups excluding carboxylic acids is 1. The van der Waals surface area contributed by atoms with E-state index in [1.807, 2.05) is 24.3 Å². The zero-order chi connectivity index (χ0) is 25.5. The van der Waals surface area contributed by atoms with E-state index in [2.05, 4.69) is 37.6 Å². The minimum absolute atomic E-state index is 0.101. The van der Waals surface area contributed by atoms with Crippen LogP contribution in [-0.2, 0) is 11.2 Å². The summed E-state index contributed by atoms with van der Waals surface area (Å²) in [5, 5.41) is 15.7. The van der Waals surface area contributed by atoms with Crippen molar-refractivity contribution in [1.82, 2.24) is 14.9 Å². The first-order valence-electron chi connectivity index (χ1n) is 12.3. The highest BCUT2D eigenvalue weighted by atomic mass is 32.1. The maximum absolute atomic E-state index is 12.6. The van der Waals surface area contributed by atoms with Crippen molar-refractivity contribution in [2.45, 2.75) is 12.8 Å². The van der Waals surface area contributed by atoms with Gasteiger partial charge in [-0.05, 0) is 67.4 Å². The highest BCUT2D eigenvalue weighted by Gasteiger charge is 2.13. The zero-order valence-electron chi connectivity index (χ0n) is 20.4. The number of benzene rings is 2. The molecule has 3 N–H and O–H groups in total. The normalized spacial score (nSPS) is 13.8. The fraction of sp³-hybridized carbons (Fsp3) is 0.250. The van der Waals surface area contributed by atoms with Crippen LogP contribution in [0, 0.1) is 0 Å². The van der Waals surface area contributed by atoms with Gasteiger partial charge in [-0.1, -0.05) is 18.2 Å². The number of carbonyl (C=O) groups is 1. The van der Waals surface area contributed by atoms with Crippen LogP contribution in [-0.4, -0.2) is 58.7 Å². The lowest BCUT2D eigenvalue weighted by Crippen LogP contribution is -2.36. The van der Waals surface area contributed by atoms with Crippen LogP contribution in [0.5, 0.6) is 5.75 Å². The van der Waals surface area contributed by atoms with Gasteiger partial charge in [0.05, 0.1) is 28.7 Å². The van der Waals surface area contributed by atoms with Crippen LogP contribution in [0.15, 0.2) is 72.9 Å². The highest BCUT2D eigenvalue weighted by Crippen LogP contribution is 2.28. The van der Waals surface area contributed by atoms with E-state index in [0.29, 0.717) is 16.5 Å². The molecule has 0 spiro atoms. The van der Waals surface area contributed by atoms with Crippen LogP contribution in [0.2, 0.25) is 0 Å². The number of aryl methyl sites for hydroxylation is 1. The van der Waals surface area contributed by atoms with E-state index in [4.69, 9.17) is 4.74 Å². The number of aromatic hydroxyl groups is 1. The van der Waals surface area contributed by atoms with Gasteiger partial charge < -0.3 is 20.5 Å². The molecule has 1 saturated heterocycles. The molecule has 190 valence electrons. The number of rotatable bonds is 9. The molecule has 37 heavy (non-hydrogen) atoms. The van der Waals surface area contributed by atoms with E-state index in [1.54, 1.807) is 30.5 Å². The number of phenolic OH excluding ortho intramolecular Hbond substituents is 1. The number of nitrogens with zero attached hydrogens (tertiary/aromatic N) is 3. The Bertz CT molecular complexity index is 1350. The van der Waals surface area contributed by atoms with Gasteiger partial charge in [0.15, 0.2) is 0 Å². The predicted molar refractivity (Wildman–Crippen MR) is 147 cm³/mol. The molecular weight excluding hydrogens is 486 g/mol. The Morgan fingerprint density at radius 2 is 1.86 bits per heavy atom. The van der Waals surface area contributed by atoms with Gasteiger partial charge in [-0.3, -0.25) is 9.69 Å². The molecule has 8 nitrogen and oxygen atoms in total. The lowest BCUT2D eigenvalue weighted by atomic mass is 10.1. The Morgan fingerprint density at radius 3 is 2.73 bits per heavy atom. The van der Waals surface area contributed by atoms with Gasteiger partial charge in [0.2, 0.25) is 5.95 Å². The average molecular weight is 516 g/mol. The molecular formula is C28H29N5O3S. The molecule has 0 saturated carbocycles. The van der Waals surface area contributed by atoms with Crippen molar-refractivity contribution in [2.24, 2.45) is 0 Å². The highest BCUT2D eigenvalue weighted by molar-refractivity contribution is 7.17. The monoisotopic (exact) mass is 515 g/mol. The lowest BCUT2D eigenvalue weighted by molar-refractivity contribution is 0.0375. The molecule has 0 aliphatic carbocycles. The van der Waals surface area contributed by atoms with E-state index < -0.39 is 0 Å². The summed E-state index contributed by atoms with van der Waals surface area (Å²) in [5.41, 5.74) is 3.49. The summed E-state index contributed by atoms with van der Waals surface area (Å²) >= 11 is 1.35. The second kappa shape index (κ2) is 12.0. The van der Waals surface area contributed by atoms with E-state index in [-0.39, 0.29) is 11.7 Å². The minimum Gasteiger partial charge on any atom is -0.508 e. The van der Waals surface area contributed by atoms with Crippen LogP contribution in [0.3, 0.4) is 0 Å². The molecule has 0 radical (unpaired) electrons. The molecule has 1 amide bonds. The Hall–Kier alpha value is -3.79. The first-order chi connectivity index (χ1) is 18.1. The Labute approximate surface area is 220 Å².